The number of hydrogen-bond acceptors (Lipinski definition) is 6. The summed E-state index contributed by atoms with van der Waals surface area (Å²) >= 11 is 0. The molecule has 0 N–H and O–H groups in total. The maximum absolute atomic E-state index is 6.60. The second-order valence-electron chi connectivity index (χ2n) is 32.3. The van der Waals surface area contributed by atoms with Gasteiger partial charge in [-0.3, -0.25) is 0 Å². The van der Waals surface area contributed by atoms with E-state index in [0.29, 0.717) is 39.6 Å². The zero-order valence-corrected chi connectivity index (χ0v) is 71.5. The number of unbranched alkanes of at least 4 members (excludes halogenated alkanes) is 54. The molecule has 0 bridgehead atoms. The number of benzene rings is 4. The zero-order valence-electron chi connectivity index (χ0n) is 71.5. The van der Waals surface area contributed by atoms with Crippen LogP contribution in [-0.4, -0.2) is 39.6 Å². The summed E-state index contributed by atoms with van der Waals surface area (Å²) in [7, 11) is 0. The van der Waals surface area contributed by atoms with Gasteiger partial charge >= 0.3 is 0 Å². The van der Waals surface area contributed by atoms with E-state index in [9.17, 15) is 0 Å². The predicted molar refractivity (Wildman–Crippen MR) is 477 cm³/mol. The molecule has 0 atom stereocenters. The van der Waals surface area contributed by atoms with Crippen molar-refractivity contribution in [3.63, 3.8) is 0 Å². The van der Waals surface area contributed by atoms with E-state index in [0.717, 1.165) is 106 Å². The molecule has 0 heterocycles. The van der Waals surface area contributed by atoms with Crippen LogP contribution >= 0.6 is 0 Å². The van der Waals surface area contributed by atoms with Crippen LogP contribution in [0.1, 0.15) is 460 Å². The molecule has 0 aromatic heterocycles. The molecule has 0 amide bonds. The van der Waals surface area contributed by atoms with Crippen LogP contribution in [0, 0.1) is 0 Å². The van der Waals surface area contributed by atoms with Crippen molar-refractivity contribution in [3.8, 4) is 34.5 Å². The van der Waals surface area contributed by atoms with Gasteiger partial charge in [-0.1, -0.05) is 425 Å². The summed E-state index contributed by atoms with van der Waals surface area (Å²) in [6.07, 6.45) is 91.9. The highest BCUT2D eigenvalue weighted by atomic mass is 16.5. The summed E-state index contributed by atoms with van der Waals surface area (Å²) in [6.45, 7) is 18.1. The van der Waals surface area contributed by atoms with Crippen molar-refractivity contribution < 1.29 is 28.4 Å². The fraction of sp³-hybridized carbons (Fsp3) is 0.706. The second kappa shape index (κ2) is 71.0. The minimum atomic E-state index is 0.717. The first-order chi connectivity index (χ1) is 53.4. The maximum atomic E-state index is 6.60. The summed E-state index contributed by atoms with van der Waals surface area (Å²) in [5.74, 6) is 5.30. The Labute approximate surface area is 668 Å². The van der Waals surface area contributed by atoms with Gasteiger partial charge in [-0.25, -0.2) is 0 Å². The van der Waals surface area contributed by atoms with E-state index in [4.69, 9.17) is 28.4 Å². The van der Waals surface area contributed by atoms with E-state index in [1.54, 1.807) is 0 Å². The van der Waals surface area contributed by atoms with Crippen LogP contribution in [0.2, 0.25) is 0 Å². The van der Waals surface area contributed by atoms with Gasteiger partial charge in [0.2, 0.25) is 0 Å². The van der Waals surface area contributed by atoms with E-state index >= 15 is 0 Å². The molecule has 4 aromatic rings. The van der Waals surface area contributed by atoms with Crippen molar-refractivity contribution in [2.75, 3.05) is 39.6 Å². The molecule has 0 spiro atoms. The normalized spacial score (nSPS) is 11.7. The lowest BCUT2D eigenvalue weighted by Crippen LogP contribution is -2.01. The first-order valence-electron chi connectivity index (χ1n) is 46.9. The Bertz CT molecular complexity index is 2320. The Morgan fingerprint density at radius 1 is 0.139 bits per heavy atom. The van der Waals surface area contributed by atoms with Crippen LogP contribution in [-0.2, 0) is 0 Å². The SMILES string of the molecule is CCCCCCCCCCCCOc1cc(/C=C/c2cc(/C=C/c3cc(OCCCCCCCCCCCC)cc(OCCCCCCCCCCCC)c3)cc(/C=C/c3cc(OCCCCCCCCCCCC)cc(OCCCCCCCCCCCC)c3)c2)cc(OCCCCCCCCCCCC)c1. The van der Waals surface area contributed by atoms with Gasteiger partial charge in [0.1, 0.15) is 34.5 Å². The van der Waals surface area contributed by atoms with Gasteiger partial charge < -0.3 is 28.4 Å². The third-order valence-electron chi connectivity index (χ3n) is 21.7. The fourth-order valence-corrected chi connectivity index (χ4v) is 14.8. The van der Waals surface area contributed by atoms with Crippen LogP contribution in [0.3, 0.4) is 0 Å². The Hall–Kier alpha value is -5.10. The van der Waals surface area contributed by atoms with Crippen LogP contribution < -0.4 is 28.4 Å². The third-order valence-corrected chi connectivity index (χ3v) is 21.7. The predicted octanol–water partition coefficient (Wildman–Crippen LogP) is 34.0. The Balaban J connectivity index is 1.67. The summed E-state index contributed by atoms with van der Waals surface area (Å²) in [4.78, 5) is 0. The molecule has 4 rings (SSSR count). The molecule has 0 aliphatic rings. The monoisotopic (exact) mass is 1490 g/mol. The number of ether oxygens (including phenoxy) is 6. The van der Waals surface area contributed by atoms with E-state index in [-0.39, 0.29) is 0 Å². The standard InChI is InChI=1S/C102H168O6/c1-7-13-19-25-31-37-43-49-55-61-73-103-97-82-94(83-98(88-97)104-74-62-56-50-44-38-32-26-20-14-8-2)70-67-91-79-92(68-71-95-84-99(105-75-63-57-51-45-39-33-27-21-15-9-3)89-100(85-95)106-76-64-58-52-46-40-34-28-22-16-10-4)81-93(80-91)69-72-96-86-101(107-77-65-59-53-47-41-35-29-23-17-11-5)90-102(87-96)108-78-66-60-54-48-42-36-30-24-18-12-6/h67-72,79-90H,7-66,73-78H2,1-6H3/b70-67+,71-68+,72-69+. The number of rotatable bonds is 78. The molecule has 0 unspecified atom stereocenters. The molecular weight excluding hydrogens is 1320 g/mol. The highest BCUT2D eigenvalue weighted by Gasteiger charge is 2.10. The van der Waals surface area contributed by atoms with Gasteiger partial charge in [-0.05, 0) is 127 Å². The van der Waals surface area contributed by atoms with Gasteiger partial charge in [0, 0.05) is 18.2 Å². The maximum Gasteiger partial charge on any atom is 0.123 e. The molecule has 612 valence electrons. The zero-order chi connectivity index (χ0) is 76.6. The summed E-state index contributed by atoms with van der Waals surface area (Å²) in [5, 5.41) is 0. The van der Waals surface area contributed by atoms with Crippen LogP contribution in [0.5, 0.6) is 34.5 Å². The molecule has 0 saturated heterocycles. The smallest absolute Gasteiger partial charge is 0.123 e. The molecule has 0 aliphatic carbocycles. The van der Waals surface area contributed by atoms with Crippen molar-refractivity contribution >= 4 is 36.5 Å². The lowest BCUT2D eigenvalue weighted by Gasteiger charge is -2.12. The second-order valence-corrected chi connectivity index (χ2v) is 32.3. The first-order valence-corrected chi connectivity index (χ1v) is 46.9. The van der Waals surface area contributed by atoms with E-state index < -0.39 is 0 Å². The highest BCUT2D eigenvalue weighted by Crippen LogP contribution is 2.31. The van der Waals surface area contributed by atoms with Crippen LogP contribution in [0.15, 0.2) is 72.8 Å². The Morgan fingerprint density at radius 3 is 0.380 bits per heavy atom. The molecule has 4 aromatic carbocycles. The van der Waals surface area contributed by atoms with Crippen molar-refractivity contribution in [2.24, 2.45) is 0 Å². The minimum Gasteiger partial charge on any atom is -0.493 e. The highest BCUT2D eigenvalue weighted by molar-refractivity contribution is 5.79. The van der Waals surface area contributed by atoms with Crippen molar-refractivity contribution in [1.29, 1.82) is 0 Å². The molecule has 0 radical (unpaired) electrons. The Morgan fingerprint density at radius 2 is 0.250 bits per heavy atom. The average molecular weight is 1490 g/mol. The van der Waals surface area contributed by atoms with E-state index in [1.165, 1.54) is 347 Å². The van der Waals surface area contributed by atoms with Crippen molar-refractivity contribution in [3.05, 3.63) is 106 Å². The third kappa shape index (κ3) is 54.5. The largest absolute Gasteiger partial charge is 0.493 e. The lowest BCUT2D eigenvalue weighted by atomic mass is 10.0. The number of hydrogen-bond donors (Lipinski definition) is 0. The van der Waals surface area contributed by atoms with Gasteiger partial charge in [0.05, 0.1) is 39.6 Å². The van der Waals surface area contributed by atoms with Gasteiger partial charge in [0.15, 0.2) is 0 Å². The first kappa shape index (κ1) is 95.3. The molecule has 6 nitrogen and oxygen atoms in total. The molecule has 6 heteroatoms. The topological polar surface area (TPSA) is 55.4 Å². The van der Waals surface area contributed by atoms with Crippen LogP contribution in [0.25, 0.3) is 36.5 Å². The molecule has 0 saturated carbocycles. The van der Waals surface area contributed by atoms with Crippen LogP contribution in [0.4, 0.5) is 0 Å². The molecular formula is C102H168O6. The van der Waals surface area contributed by atoms with E-state index in [2.05, 4.69) is 151 Å². The lowest BCUT2D eigenvalue weighted by molar-refractivity contribution is 0.289. The average Bonchev–Trinajstić information content (AvgIpc) is 0.842. The summed E-state index contributed by atoms with van der Waals surface area (Å²) in [6, 6.07) is 26.5. The minimum absolute atomic E-state index is 0.717. The molecule has 0 aliphatic heterocycles. The van der Waals surface area contributed by atoms with Crippen molar-refractivity contribution in [2.45, 2.75) is 427 Å². The fourth-order valence-electron chi connectivity index (χ4n) is 14.8. The van der Waals surface area contributed by atoms with Gasteiger partial charge in [-0.2, -0.15) is 0 Å². The van der Waals surface area contributed by atoms with Gasteiger partial charge in [0.25, 0.3) is 0 Å². The quantitative estimate of drug-likeness (QED) is 0.0324. The summed E-state index contributed by atoms with van der Waals surface area (Å²) in [5.41, 5.74) is 6.57. The molecule has 0 fully saturated rings. The van der Waals surface area contributed by atoms with Gasteiger partial charge in [-0.15, -0.1) is 0 Å². The molecule has 108 heavy (non-hydrogen) atoms. The van der Waals surface area contributed by atoms with Crippen molar-refractivity contribution in [1.82, 2.24) is 0 Å². The summed E-state index contributed by atoms with van der Waals surface area (Å²) < 4.78 is 39.6. The Kier molecular flexibility index (Phi) is 62.6. The van der Waals surface area contributed by atoms with E-state index in [1.807, 2.05) is 0 Å².